The van der Waals surface area contributed by atoms with E-state index in [0.717, 1.165) is 0 Å². The first-order valence-corrected chi connectivity index (χ1v) is 4.90. The molecule has 4 nitrogen and oxygen atoms in total. The number of carbonyl (C=O) groups is 2. The van der Waals surface area contributed by atoms with Crippen molar-refractivity contribution in [2.75, 3.05) is 5.32 Å². The molecule has 16 heavy (non-hydrogen) atoms. The van der Waals surface area contributed by atoms with Crippen molar-refractivity contribution in [1.82, 2.24) is 0 Å². The summed E-state index contributed by atoms with van der Waals surface area (Å²) in [7, 11) is 0. The minimum Gasteiger partial charge on any atom is -0.481 e. The number of hydrogen-bond donors (Lipinski definition) is 2. The standard InChI is InChI=1S/C11H8FNO3/c12-5-1-2-6-8(3-5)13-10(16)11(6)4-7(11)9(14)15/h1-3,7H,4H2,(H,13,16)(H,14,15). The summed E-state index contributed by atoms with van der Waals surface area (Å²) in [6.45, 7) is 0. The lowest BCUT2D eigenvalue weighted by Crippen LogP contribution is -2.24. The molecule has 0 aromatic heterocycles. The highest BCUT2D eigenvalue weighted by Gasteiger charge is 2.68. The van der Waals surface area contributed by atoms with Crippen molar-refractivity contribution in [2.24, 2.45) is 5.92 Å². The Kier molecular flexibility index (Phi) is 1.52. The van der Waals surface area contributed by atoms with Gasteiger partial charge in [-0.15, -0.1) is 0 Å². The van der Waals surface area contributed by atoms with Crippen molar-refractivity contribution in [3.8, 4) is 0 Å². The Labute approximate surface area is 90.1 Å². The van der Waals surface area contributed by atoms with E-state index >= 15 is 0 Å². The second-order valence-corrected chi connectivity index (χ2v) is 4.21. The van der Waals surface area contributed by atoms with Crippen LogP contribution in [0.3, 0.4) is 0 Å². The SMILES string of the molecule is O=C(O)C1CC12C(=O)Nc1cc(F)ccc12. The molecule has 2 atom stereocenters. The van der Waals surface area contributed by atoms with E-state index < -0.39 is 23.1 Å². The fourth-order valence-electron chi connectivity index (χ4n) is 2.47. The van der Waals surface area contributed by atoms with Gasteiger partial charge in [-0.25, -0.2) is 4.39 Å². The molecule has 82 valence electrons. The van der Waals surface area contributed by atoms with Crippen LogP contribution in [0.5, 0.6) is 0 Å². The van der Waals surface area contributed by atoms with Crippen molar-refractivity contribution in [3.63, 3.8) is 0 Å². The molecule has 1 aliphatic carbocycles. The van der Waals surface area contributed by atoms with E-state index in [1.165, 1.54) is 18.2 Å². The maximum absolute atomic E-state index is 12.9. The molecule has 2 N–H and O–H groups in total. The van der Waals surface area contributed by atoms with Gasteiger partial charge in [-0.2, -0.15) is 0 Å². The Morgan fingerprint density at radius 2 is 2.31 bits per heavy atom. The Morgan fingerprint density at radius 3 is 2.94 bits per heavy atom. The summed E-state index contributed by atoms with van der Waals surface area (Å²) in [5.41, 5.74) is 0.0505. The average molecular weight is 221 g/mol. The van der Waals surface area contributed by atoms with Crippen LogP contribution in [-0.2, 0) is 15.0 Å². The molecule has 2 aliphatic rings. The Hall–Kier alpha value is -1.91. The van der Waals surface area contributed by atoms with Crippen LogP contribution >= 0.6 is 0 Å². The Bertz CT molecular complexity index is 528. The molecule has 3 rings (SSSR count). The van der Waals surface area contributed by atoms with Gasteiger partial charge in [0.15, 0.2) is 0 Å². The molecule has 1 spiro atoms. The number of carboxylic acid groups (broad SMARTS) is 1. The monoisotopic (exact) mass is 221 g/mol. The number of halogens is 1. The largest absolute Gasteiger partial charge is 0.481 e. The summed E-state index contributed by atoms with van der Waals surface area (Å²) in [5, 5.41) is 11.5. The van der Waals surface area contributed by atoms with E-state index in [9.17, 15) is 14.0 Å². The molecule has 0 saturated heterocycles. The fraction of sp³-hybridized carbons (Fsp3) is 0.273. The molecule has 2 unspecified atom stereocenters. The van der Waals surface area contributed by atoms with E-state index in [4.69, 9.17) is 5.11 Å². The first-order chi connectivity index (χ1) is 7.55. The summed E-state index contributed by atoms with van der Waals surface area (Å²) in [5.74, 6) is -2.43. The maximum Gasteiger partial charge on any atom is 0.307 e. The van der Waals surface area contributed by atoms with Gasteiger partial charge in [0.25, 0.3) is 0 Å². The molecule has 0 radical (unpaired) electrons. The normalized spacial score (nSPS) is 30.1. The van der Waals surface area contributed by atoms with Crippen LogP contribution in [0.15, 0.2) is 18.2 Å². The maximum atomic E-state index is 12.9. The van der Waals surface area contributed by atoms with Crippen LogP contribution in [0.1, 0.15) is 12.0 Å². The van der Waals surface area contributed by atoms with Gasteiger partial charge in [0, 0.05) is 5.69 Å². The number of amides is 1. The minimum atomic E-state index is -0.979. The number of nitrogens with one attached hydrogen (secondary N) is 1. The predicted octanol–water partition coefficient (Wildman–Crippen LogP) is 1.12. The summed E-state index contributed by atoms with van der Waals surface area (Å²) in [4.78, 5) is 22.6. The zero-order valence-corrected chi connectivity index (χ0v) is 8.16. The summed E-state index contributed by atoms with van der Waals surface area (Å²) < 4.78 is 12.9. The molecular formula is C11H8FNO3. The van der Waals surface area contributed by atoms with Gasteiger partial charge in [0.2, 0.25) is 5.91 Å². The Balaban J connectivity index is 2.12. The quantitative estimate of drug-likeness (QED) is 0.746. The van der Waals surface area contributed by atoms with Crippen LogP contribution < -0.4 is 5.32 Å². The third-order valence-corrected chi connectivity index (χ3v) is 3.37. The van der Waals surface area contributed by atoms with E-state index in [1.54, 1.807) is 0 Å². The molecule has 1 aromatic rings. The molecule has 1 heterocycles. The number of anilines is 1. The van der Waals surface area contributed by atoms with Crippen molar-refractivity contribution in [1.29, 1.82) is 0 Å². The van der Waals surface area contributed by atoms with Crippen molar-refractivity contribution in [3.05, 3.63) is 29.6 Å². The Morgan fingerprint density at radius 1 is 1.56 bits per heavy atom. The summed E-state index contributed by atoms with van der Waals surface area (Å²) >= 11 is 0. The second kappa shape index (κ2) is 2.61. The van der Waals surface area contributed by atoms with Crippen LogP contribution in [0.2, 0.25) is 0 Å². The molecule has 5 heteroatoms. The number of rotatable bonds is 1. The van der Waals surface area contributed by atoms with Crippen molar-refractivity contribution in [2.45, 2.75) is 11.8 Å². The highest BCUT2D eigenvalue weighted by Crippen LogP contribution is 2.59. The van der Waals surface area contributed by atoms with Crippen molar-refractivity contribution >= 4 is 17.6 Å². The van der Waals surface area contributed by atoms with E-state index in [1.807, 2.05) is 0 Å². The van der Waals surface area contributed by atoms with Gasteiger partial charge < -0.3 is 10.4 Å². The third kappa shape index (κ3) is 0.925. The van der Waals surface area contributed by atoms with Crippen LogP contribution in [0.4, 0.5) is 10.1 Å². The number of carbonyl (C=O) groups excluding carboxylic acids is 1. The molecule has 1 saturated carbocycles. The first kappa shape index (κ1) is 9.33. The highest BCUT2D eigenvalue weighted by atomic mass is 19.1. The van der Waals surface area contributed by atoms with Gasteiger partial charge in [-0.3, -0.25) is 9.59 Å². The fourth-order valence-corrected chi connectivity index (χ4v) is 2.47. The summed E-state index contributed by atoms with van der Waals surface area (Å²) in [6, 6.07) is 3.96. The zero-order chi connectivity index (χ0) is 11.5. The van der Waals surface area contributed by atoms with Gasteiger partial charge >= 0.3 is 5.97 Å². The van der Waals surface area contributed by atoms with E-state index in [2.05, 4.69) is 5.32 Å². The zero-order valence-electron chi connectivity index (χ0n) is 8.16. The number of benzene rings is 1. The molecule has 1 fully saturated rings. The van der Waals surface area contributed by atoms with Gasteiger partial charge in [-0.1, -0.05) is 6.07 Å². The van der Waals surface area contributed by atoms with E-state index in [-0.39, 0.29) is 5.91 Å². The lowest BCUT2D eigenvalue weighted by atomic mass is 9.95. The van der Waals surface area contributed by atoms with E-state index in [0.29, 0.717) is 17.7 Å². The number of carboxylic acids is 1. The smallest absolute Gasteiger partial charge is 0.307 e. The number of aliphatic carboxylic acids is 1. The lowest BCUT2D eigenvalue weighted by molar-refractivity contribution is -0.140. The topological polar surface area (TPSA) is 66.4 Å². The highest BCUT2D eigenvalue weighted by molar-refractivity contribution is 6.12. The molecular weight excluding hydrogens is 213 g/mol. The molecule has 1 aliphatic heterocycles. The predicted molar refractivity (Wildman–Crippen MR) is 52.5 cm³/mol. The summed E-state index contributed by atoms with van der Waals surface area (Å²) in [6.07, 6.45) is 0.298. The van der Waals surface area contributed by atoms with Crippen LogP contribution in [0.25, 0.3) is 0 Å². The van der Waals surface area contributed by atoms with Crippen molar-refractivity contribution < 1.29 is 19.1 Å². The first-order valence-electron chi connectivity index (χ1n) is 4.90. The molecule has 1 amide bonds. The van der Waals surface area contributed by atoms with Crippen LogP contribution in [-0.4, -0.2) is 17.0 Å². The molecule has 1 aromatic carbocycles. The second-order valence-electron chi connectivity index (χ2n) is 4.21. The third-order valence-electron chi connectivity index (χ3n) is 3.37. The number of hydrogen-bond acceptors (Lipinski definition) is 2. The van der Waals surface area contributed by atoms with Gasteiger partial charge in [0.1, 0.15) is 5.82 Å². The average Bonchev–Trinajstić information content (AvgIpc) is 2.88. The number of fused-ring (bicyclic) bond motifs is 2. The minimum absolute atomic E-state index is 0.298. The van der Waals surface area contributed by atoms with Gasteiger partial charge in [-0.05, 0) is 24.1 Å². The lowest BCUT2D eigenvalue weighted by Gasteiger charge is -2.05. The van der Waals surface area contributed by atoms with Crippen LogP contribution in [0, 0.1) is 11.7 Å². The molecule has 0 bridgehead atoms. The van der Waals surface area contributed by atoms with Gasteiger partial charge in [0.05, 0.1) is 11.3 Å².